The van der Waals surface area contributed by atoms with Crippen LogP contribution >= 0.6 is 11.8 Å². The molecule has 5 heteroatoms. The van der Waals surface area contributed by atoms with Gasteiger partial charge < -0.3 is 0 Å². The summed E-state index contributed by atoms with van der Waals surface area (Å²) < 4.78 is 0. The van der Waals surface area contributed by atoms with Gasteiger partial charge in [-0.15, -0.1) is 0 Å². The molecule has 0 aromatic heterocycles. The van der Waals surface area contributed by atoms with Crippen molar-refractivity contribution in [2.45, 2.75) is 13.8 Å². The fourth-order valence-electron chi connectivity index (χ4n) is 2.07. The lowest BCUT2D eigenvalue weighted by Gasteiger charge is -2.24. The van der Waals surface area contributed by atoms with E-state index in [4.69, 9.17) is 0 Å². The van der Waals surface area contributed by atoms with Crippen LogP contribution in [0.3, 0.4) is 0 Å². The fourth-order valence-corrected chi connectivity index (χ4v) is 3.05. The summed E-state index contributed by atoms with van der Waals surface area (Å²) in [5, 5.41) is 4.05. The number of nitrogens with one attached hydrogen (secondary N) is 1. The Bertz CT molecular complexity index is 496. The molecule has 108 valence electrons. The molecule has 1 aromatic carbocycles. The molecule has 1 N–H and O–H groups in total. The number of hydrazone groups is 1. The minimum absolute atomic E-state index is 0.0431. The van der Waals surface area contributed by atoms with Crippen LogP contribution in [0.1, 0.15) is 16.7 Å². The molecule has 2 rings (SSSR count). The molecule has 0 unspecified atom stereocenters. The summed E-state index contributed by atoms with van der Waals surface area (Å²) in [5.74, 6) is 2.18. The quantitative estimate of drug-likeness (QED) is 0.679. The highest BCUT2D eigenvalue weighted by atomic mass is 32.2. The van der Waals surface area contributed by atoms with Gasteiger partial charge in [0.15, 0.2) is 0 Å². The highest BCUT2D eigenvalue weighted by Gasteiger charge is 2.13. The van der Waals surface area contributed by atoms with E-state index in [0.29, 0.717) is 6.54 Å². The molecule has 0 aliphatic carbocycles. The zero-order chi connectivity index (χ0) is 14.4. The van der Waals surface area contributed by atoms with Crippen molar-refractivity contribution in [1.29, 1.82) is 0 Å². The minimum Gasteiger partial charge on any atom is -0.293 e. The summed E-state index contributed by atoms with van der Waals surface area (Å²) in [6, 6.07) is 6.19. The van der Waals surface area contributed by atoms with Crippen LogP contribution in [0, 0.1) is 13.8 Å². The van der Waals surface area contributed by atoms with E-state index in [1.807, 2.05) is 25.6 Å². The number of carbonyl (C=O) groups is 1. The molecule has 0 atom stereocenters. The smallest absolute Gasteiger partial charge is 0.254 e. The average Bonchev–Trinajstić information content (AvgIpc) is 2.44. The highest BCUT2D eigenvalue weighted by molar-refractivity contribution is 7.99. The Morgan fingerprint density at radius 1 is 1.40 bits per heavy atom. The van der Waals surface area contributed by atoms with Crippen molar-refractivity contribution >= 4 is 23.9 Å². The van der Waals surface area contributed by atoms with Crippen LogP contribution in [0.15, 0.2) is 23.3 Å². The molecule has 4 nitrogen and oxygen atoms in total. The number of thioether (sulfide) groups is 1. The topological polar surface area (TPSA) is 44.7 Å². The molecule has 1 aliphatic heterocycles. The van der Waals surface area contributed by atoms with Gasteiger partial charge in [0.2, 0.25) is 0 Å². The van der Waals surface area contributed by atoms with Gasteiger partial charge in [-0.25, -0.2) is 5.43 Å². The molecule has 0 bridgehead atoms. The molecule has 1 heterocycles. The Labute approximate surface area is 124 Å². The molecular weight excluding hydrogens is 270 g/mol. The first-order valence-corrected chi connectivity index (χ1v) is 8.00. The Morgan fingerprint density at radius 3 is 2.90 bits per heavy atom. The van der Waals surface area contributed by atoms with Gasteiger partial charge in [-0.05, 0) is 25.0 Å². The van der Waals surface area contributed by atoms with E-state index in [1.165, 1.54) is 5.56 Å². The van der Waals surface area contributed by atoms with E-state index < -0.39 is 0 Å². The van der Waals surface area contributed by atoms with Crippen LogP contribution in [0.4, 0.5) is 0 Å². The standard InChI is InChI=1S/C15H21N3OS/c1-12-3-4-13(2)14(9-12)10-16-17-15(19)11-18-5-7-20-8-6-18/h3-4,9-10H,5-8,11H2,1-2H3,(H,17,19). The number of hydrogen-bond acceptors (Lipinski definition) is 4. The summed E-state index contributed by atoms with van der Waals surface area (Å²) in [7, 11) is 0. The maximum Gasteiger partial charge on any atom is 0.254 e. The van der Waals surface area contributed by atoms with E-state index in [2.05, 4.69) is 33.6 Å². The van der Waals surface area contributed by atoms with Crippen LogP contribution in [0.5, 0.6) is 0 Å². The number of benzene rings is 1. The van der Waals surface area contributed by atoms with E-state index >= 15 is 0 Å². The maximum absolute atomic E-state index is 11.8. The van der Waals surface area contributed by atoms with Crippen molar-refractivity contribution < 1.29 is 4.79 Å². The lowest BCUT2D eigenvalue weighted by Crippen LogP contribution is -2.40. The highest BCUT2D eigenvalue weighted by Crippen LogP contribution is 2.09. The fraction of sp³-hybridized carbons (Fsp3) is 0.467. The van der Waals surface area contributed by atoms with Crippen molar-refractivity contribution in [2.24, 2.45) is 5.10 Å². The van der Waals surface area contributed by atoms with Gasteiger partial charge in [0.25, 0.3) is 5.91 Å². The predicted octanol–water partition coefficient (Wildman–Crippen LogP) is 1.80. The number of nitrogens with zero attached hydrogens (tertiary/aromatic N) is 2. The largest absolute Gasteiger partial charge is 0.293 e. The lowest BCUT2D eigenvalue weighted by molar-refractivity contribution is -0.122. The molecule has 0 saturated carbocycles. The van der Waals surface area contributed by atoms with Crippen molar-refractivity contribution in [3.8, 4) is 0 Å². The van der Waals surface area contributed by atoms with E-state index in [0.717, 1.165) is 35.7 Å². The van der Waals surface area contributed by atoms with Crippen molar-refractivity contribution in [3.63, 3.8) is 0 Å². The van der Waals surface area contributed by atoms with E-state index in [9.17, 15) is 4.79 Å². The first-order chi connectivity index (χ1) is 9.65. The van der Waals surface area contributed by atoms with Crippen LogP contribution in [-0.2, 0) is 4.79 Å². The molecule has 1 saturated heterocycles. The SMILES string of the molecule is Cc1ccc(C)c(C=NNC(=O)CN2CCSCC2)c1. The average molecular weight is 291 g/mol. The lowest BCUT2D eigenvalue weighted by atomic mass is 10.1. The minimum atomic E-state index is -0.0431. The van der Waals surface area contributed by atoms with Gasteiger partial charge in [-0.2, -0.15) is 16.9 Å². The Morgan fingerprint density at radius 2 is 2.15 bits per heavy atom. The first kappa shape index (κ1) is 15.1. The number of hydrogen-bond donors (Lipinski definition) is 1. The van der Waals surface area contributed by atoms with Gasteiger partial charge in [-0.1, -0.05) is 23.8 Å². The molecule has 1 fully saturated rings. The van der Waals surface area contributed by atoms with Crippen LogP contribution < -0.4 is 5.43 Å². The van der Waals surface area contributed by atoms with Crippen molar-refractivity contribution in [2.75, 3.05) is 31.1 Å². The third-order valence-corrected chi connectivity index (χ3v) is 4.24. The van der Waals surface area contributed by atoms with Crippen molar-refractivity contribution in [3.05, 3.63) is 34.9 Å². The zero-order valence-corrected chi connectivity index (χ0v) is 12.9. The normalized spacial score (nSPS) is 16.5. The molecule has 1 amide bonds. The monoisotopic (exact) mass is 291 g/mol. The Balaban J connectivity index is 1.83. The Hall–Kier alpha value is -1.33. The molecule has 0 spiro atoms. The first-order valence-electron chi connectivity index (χ1n) is 6.84. The second-order valence-electron chi connectivity index (χ2n) is 5.04. The van der Waals surface area contributed by atoms with Gasteiger partial charge in [0.1, 0.15) is 0 Å². The Kier molecular flexibility index (Phi) is 5.61. The summed E-state index contributed by atoms with van der Waals surface area (Å²) in [4.78, 5) is 13.9. The van der Waals surface area contributed by atoms with Gasteiger partial charge >= 0.3 is 0 Å². The van der Waals surface area contributed by atoms with Crippen molar-refractivity contribution in [1.82, 2.24) is 10.3 Å². The molecular formula is C15H21N3OS. The predicted molar refractivity (Wildman–Crippen MR) is 85.4 cm³/mol. The van der Waals surface area contributed by atoms with Gasteiger partial charge in [0.05, 0.1) is 12.8 Å². The number of carbonyl (C=O) groups excluding carboxylic acids is 1. The second kappa shape index (κ2) is 7.45. The molecule has 1 aromatic rings. The third kappa shape index (κ3) is 4.65. The van der Waals surface area contributed by atoms with Crippen LogP contribution in [0.2, 0.25) is 0 Å². The molecule has 1 aliphatic rings. The molecule has 0 radical (unpaired) electrons. The number of aryl methyl sites for hydroxylation is 2. The summed E-state index contributed by atoms with van der Waals surface area (Å²) in [6.07, 6.45) is 1.71. The van der Waals surface area contributed by atoms with E-state index in [-0.39, 0.29) is 5.91 Å². The summed E-state index contributed by atoms with van der Waals surface area (Å²) in [6.45, 7) is 6.49. The van der Waals surface area contributed by atoms with Gasteiger partial charge in [-0.3, -0.25) is 9.69 Å². The number of rotatable bonds is 4. The number of amides is 1. The van der Waals surface area contributed by atoms with E-state index in [1.54, 1.807) is 6.21 Å². The third-order valence-electron chi connectivity index (χ3n) is 3.30. The zero-order valence-electron chi connectivity index (χ0n) is 12.1. The second-order valence-corrected chi connectivity index (χ2v) is 6.27. The van der Waals surface area contributed by atoms with Gasteiger partial charge in [0, 0.05) is 24.6 Å². The molecule has 20 heavy (non-hydrogen) atoms. The summed E-state index contributed by atoms with van der Waals surface area (Å²) in [5.41, 5.74) is 5.99. The van der Waals surface area contributed by atoms with Crippen LogP contribution in [0.25, 0.3) is 0 Å². The summed E-state index contributed by atoms with van der Waals surface area (Å²) >= 11 is 1.94. The van der Waals surface area contributed by atoms with Crippen LogP contribution in [-0.4, -0.2) is 48.2 Å². The maximum atomic E-state index is 11.8.